The molecule has 9 aromatic carbocycles. The number of phenols is 1. The van der Waals surface area contributed by atoms with Crippen LogP contribution in [0, 0.1) is 0 Å². The maximum atomic E-state index is 11.4. The molecule has 0 fully saturated rings. The van der Waals surface area contributed by atoms with E-state index >= 15 is 0 Å². The molecule has 0 amide bonds. The molecule has 0 saturated heterocycles. The third-order valence-electron chi connectivity index (χ3n) is 11.5. The molecule has 0 spiro atoms. The zero-order valence-electron chi connectivity index (χ0n) is 32.2. The minimum absolute atomic E-state index is 0.189. The fraction of sp³-hybridized carbons (Fsp3) is 0. The molecule has 2 radical (unpaired) electrons. The number of ether oxygens (including phenoxy) is 1. The smallest absolute Gasteiger partial charge is 0.179 e. The fourth-order valence-electron chi connectivity index (χ4n) is 8.80. The van der Waals surface area contributed by atoms with E-state index in [1.807, 2.05) is 48.5 Å². The average Bonchev–Trinajstić information content (AvgIpc) is 3.63. The number of rotatable bonds is 9. The normalized spacial score (nSPS) is 11.5. The van der Waals surface area contributed by atoms with E-state index in [-0.39, 0.29) is 5.75 Å². The van der Waals surface area contributed by atoms with E-state index in [1.54, 1.807) is 6.07 Å². The summed E-state index contributed by atoms with van der Waals surface area (Å²) in [5.41, 5.74) is 7.12. The van der Waals surface area contributed by atoms with Gasteiger partial charge in [-0.15, -0.1) is 0 Å². The van der Waals surface area contributed by atoms with E-state index in [2.05, 4.69) is 174 Å². The molecule has 0 saturated carbocycles. The lowest BCUT2D eigenvalue weighted by Gasteiger charge is -2.34. The van der Waals surface area contributed by atoms with E-state index in [9.17, 15) is 5.11 Å². The summed E-state index contributed by atoms with van der Waals surface area (Å²) in [6.07, 6.45) is 0. The first-order valence-corrected chi connectivity index (χ1v) is 21.9. The van der Waals surface area contributed by atoms with E-state index in [0.717, 1.165) is 44.2 Å². The highest BCUT2D eigenvalue weighted by Crippen LogP contribution is 2.38. The van der Waals surface area contributed by atoms with E-state index < -0.39 is 8.07 Å². The molecule has 5 heteroatoms. The van der Waals surface area contributed by atoms with Gasteiger partial charge in [0, 0.05) is 16.3 Å². The van der Waals surface area contributed by atoms with Crippen LogP contribution in [0.3, 0.4) is 0 Å². The predicted molar refractivity (Wildman–Crippen MR) is 249 cm³/mol. The van der Waals surface area contributed by atoms with Gasteiger partial charge in [0.2, 0.25) is 0 Å². The van der Waals surface area contributed by atoms with Gasteiger partial charge in [0.1, 0.15) is 25.1 Å². The zero-order chi connectivity index (χ0) is 39.8. The van der Waals surface area contributed by atoms with E-state index in [4.69, 9.17) is 12.6 Å². The largest absolute Gasteiger partial charge is 0.507 e. The summed E-state index contributed by atoms with van der Waals surface area (Å²) in [7, 11) is 3.96. The van der Waals surface area contributed by atoms with Crippen molar-refractivity contribution in [3.63, 3.8) is 0 Å². The van der Waals surface area contributed by atoms with Crippen LogP contribution in [-0.4, -0.2) is 25.6 Å². The lowest BCUT2D eigenvalue weighted by atomic mass is 9.94. The first kappa shape index (κ1) is 36.0. The minimum atomic E-state index is -2.74. The number of nitrogens with zero attached hydrogens (tertiary/aromatic N) is 1. The molecule has 59 heavy (non-hydrogen) atoms. The fourth-order valence-corrected chi connectivity index (χ4v) is 13.6. The van der Waals surface area contributed by atoms with Crippen LogP contribution in [0.25, 0.3) is 49.7 Å². The number of aromatic hydroxyl groups is 1. The molecule has 0 aliphatic rings. The van der Waals surface area contributed by atoms with Crippen molar-refractivity contribution in [2.45, 2.75) is 0 Å². The molecule has 1 heterocycles. The average molecular weight is 772 g/mol. The maximum Gasteiger partial charge on any atom is 0.179 e. The SMILES string of the molecule is [B]c1cccc(-n2c3ccccc3c3ccccc32)c1Oc1cccc(-c2cc(-c3cccc([Si](c4ccccc4)(c4ccccc4)c4ccccc4)c3)ccc2O)c1. The molecule has 0 aliphatic heterocycles. The summed E-state index contributed by atoms with van der Waals surface area (Å²) in [6, 6.07) is 78.2. The van der Waals surface area contributed by atoms with Gasteiger partial charge in [-0.1, -0.05) is 187 Å². The highest BCUT2D eigenvalue weighted by Gasteiger charge is 2.41. The zero-order valence-corrected chi connectivity index (χ0v) is 33.2. The molecule has 278 valence electrons. The number of phenolic OH excluding ortho intramolecular Hbond substituents is 1. The monoisotopic (exact) mass is 771 g/mol. The second kappa shape index (κ2) is 15.2. The Balaban J connectivity index is 1.06. The second-order valence-corrected chi connectivity index (χ2v) is 18.7. The number of para-hydroxylation sites is 3. The second-order valence-electron chi connectivity index (χ2n) is 14.9. The topological polar surface area (TPSA) is 34.4 Å². The molecule has 0 unspecified atom stereocenters. The van der Waals surface area contributed by atoms with Crippen LogP contribution >= 0.6 is 0 Å². The summed E-state index contributed by atoms with van der Waals surface area (Å²) in [6.45, 7) is 0. The van der Waals surface area contributed by atoms with Crippen molar-refractivity contribution in [2.24, 2.45) is 0 Å². The third kappa shape index (κ3) is 6.33. The standard InChI is InChI=1S/C54H38BNO2Si/c55-49-29-16-32-52(56-50-30-12-10-27-46(50)47-28-11-13-31-51(47)56)54(49)58-41-19-14-18-40(35-41)48-37-39(33-34-53(48)57)38-17-15-26-45(36-38)59(42-20-4-1-5-21-42,43-22-6-2-7-23-43)44-24-8-3-9-25-44/h1-37,57H. The van der Waals surface area contributed by atoms with Gasteiger partial charge >= 0.3 is 0 Å². The van der Waals surface area contributed by atoms with Crippen molar-refractivity contribution >= 4 is 63.9 Å². The Morgan fingerprint density at radius 1 is 0.424 bits per heavy atom. The molecule has 1 N–H and O–H groups in total. The lowest BCUT2D eigenvalue weighted by molar-refractivity contribution is 0.477. The molecular weight excluding hydrogens is 733 g/mol. The van der Waals surface area contributed by atoms with Crippen molar-refractivity contribution in [3.05, 3.63) is 224 Å². The Morgan fingerprint density at radius 3 is 1.56 bits per heavy atom. The van der Waals surface area contributed by atoms with Gasteiger partial charge < -0.3 is 14.4 Å². The molecule has 0 aliphatic carbocycles. The van der Waals surface area contributed by atoms with Crippen LogP contribution in [0.5, 0.6) is 17.2 Å². The molecule has 10 rings (SSSR count). The maximum absolute atomic E-state index is 11.4. The minimum Gasteiger partial charge on any atom is -0.507 e. The number of benzene rings is 9. The number of hydrogen-bond donors (Lipinski definition) is 1. The van der Waals surface area contributed by atoms with Crippen molar-refractivity contribution in [1.82, 2.24) is 4.57 Å². The van der Waals surface area contributed by atoms with Crippen molar-refractivity contribution < 1.29 is 9.84 Å². The number of aromatic nitrogens is 1. The van der Waals surface area contributed by atoms with E-state index in [1.165, 1.54) is 20.7 Å². The molecular formula is C54H38BNO2Si. The van der Waals surface area contributed by atoms with Gasteiger partial charge in [0.05, 0.1) is 16.7 Å². The summed E-state index contributed by atoms with van der Waals surface area (Å²) in [4.78, 5) is 0. The first-order chi connectivity index (χ1) is 29.1. The molecule has 0 atom stereocenters. The van der Waals surface area contributed by atoms with Crippen LogP contribution < -0.4 is 30.9 Å². The van der Waals surface area contributed by atoms with Crippen LogP contribution in [0.1, 0.15) is 0 Å². The van der Waals surface area contributed by atoms with Gasteiger partial charge in [-0.25, -0.2) is 0 Å². The number of fused-ring (bicyclic) bond motifs is 3. The Kier molecular flexibility index (Phi) is 9.28. The Morgan fingerprint density at radius 2 is 0.932 bits per heavy atom. The van der Waals surface area contributed by atoms with Crippen molar-refractivity contribution in [1.29, 1.82) is 0 Å². The first-order valence-electron chi connectivity index (χ1n) is 19.9. The predicted octanol–water partition coefficient (Wildman–Crippen LogP) is 9.79. The Bertz CT molecular complexity index is 2960. The van der Waals surface area contributed by atoms with Crippen molar-refractivity contribution in [3.8, 4) is 45.2 Å². The molecule has 1 aromatic heterocycles. The van der Waals surface area contributed by atoms with Gasteiger partial charge in [-0.2, -0.15) is 0 Å². The summed E-state index contributed by atoms with van der Waals surface area (Å²) < 4.78 is 8.95. The van der Waals surface area contributed by atoms with Crippen LogP contribution in [0.4, 0.5) is 0 Å². The molecule has 0 bridgehead atoms. The summed E-state index contributed by atoms with van der Waals surface area (Å²) in [5, 5.41) is 19.0. The van der Waals surface area contributed by atoms with Gasteiger partial charge in [-0.3, -0.25) is 0 Å². The van der Waals surface area contributed by atoms with Gasteiger partial charge in [-0.05, 0) is 79.9 Å². The number of hydrogen-bond acceptors (Lipinski definition) is 2. The highest BCUT2D eigenvalue weighted by molar-refractivity contribution is 7.19. The summed E-state index contributed by atoms with van der Waals surface area (Å²) in [5.74, 6) is 1.36. The van der Waals surface area contributed by atoms with Gasteiger partial charge in [0.15, 0.2) is 8.07 Å². The molecule has 10 aromatic rings. The quantitative estimate of drug-likeness (QED) is 0.117. The van der Waals surface area contributed by atoms with Crippen LogP contribution in [-0.2, 0) is 0 Å². The van der Waals surface area contributed by atoms with Crippen LogP contribution in [0.15, 0.2) is 224 Å². The van der Waals surface area contributed by atoms with Crippen LogP contribution in [0.2, 0.25) is 0 Å². The molecule has 3 nitrogen and oxygen atoms in total. The summed E-state index contributed by atoms with van der Waals surface area (Å²) >= 11 is 0. The van der Waals surface area contributed by atoms with Gasteiger partial charge in [0.25, 0.3) is 0 Å². The van der Waals surface area contributed by atoms with E-state index in [0.29, 0.717) is 22.5 Å². The van der Waals surface area contributed by atoms with Crippen molar-refractivity contribution in [2.75, 3.05) is 0 Å². The Hall–Kier alpha value is -7.34. The highest BCUT2D eigenvalue weighted by atomic mass is 28.3. The third-order valence-corrected chi connectivity index (χ3v) is 16.2. The Labute approximate surface area is 346 Å². The lowest BCUT2D eigenvalue weighted by Crippen LogP contribution is -2.74.